The van der Waals surface area contributed by atoms with Crippen LogP contribution < -0.4 is 0 Å². The number of sulfonamides is 1. The maximum Gasteiger partial charge on any atom is 0.247 e. The van der Waals surface area contributed by atoms with Crippen LogP contribution in [0.25, 0.3) is 0 Å². The third-order valence-electron chi connectivity index (χ3n) is 3.19. The zero-order chi connectivity index (χ0) is 14.9. The number of carbonyl (C=O) groups is 1. The summed E-state index contributed by atoms with van der Waals surface area (Å²) in [5.74, 6) is -2.05. The van der Waals surface area contributed by atoms with Gasteiger partial charge in [-0.15, -0.1) is 0 Å². The highest BCUT2D eigenvalue weighted by Gasteiger charge is 2.36. The predicted octanol–water partition coefficient (Wildman–Crippen LogP) is 2.47. The third kappa shape index (κ3) is 2.77. The quantitative estimate of drug-likeness (QED) is 0.771. The summed E-state index contributed by atoms with van der Waals surface area (Å²) in [5, 5.41) is 0. The summed E-state index contributed by atoms with van der Waals surface area (Å²) in [4.78, 5) is 10.4. The lowest BCUT2D eigenvalue weighted by Crippen LogP contribution is -2.44. The fourth-order valence-corrected chi connectivity index (χ4v) is 5.01. The van der Waals surface area contributed by atoms with Crippen molar-refractivity contribution in [1.29, 1.82) is 0 Å². The van der Waals surface area contributed by atoms with Crippen LogP contribution in [0, 0.1) is 11.6 Å². The van der Waals surface area contributed by atoms with E-state index in [1.807, 2.05) is 0 Å². The van der Waals surface area contributed by atoms with Gasteiger partial charge in [-0.2, -0.15) is 4.31 Å². The van der Waals surface area contributed by atoms with Gasteiger partial charge in [-0.25, -0.2) is 17.2 Å². The molecule has 0 aromatic heterocycles. The van der Waals surface area contributed by atoms with E-state index < -0.39 is 32.6 Å². The Morgan fingerprint density at radius 2 is 2.00 bits per heavy atom. The van der Waals surface area contributed by atoms with E-state index in [-0.39, 0.29) is 11.0 Å². The molecule has 1 aromatic carbocycles. The van der Waals surface area contributed by atoms with Crippen LogP contribution in [0.3, 0.4) is 0 Å². The van der Waals surface area contributed by atoms with Gasteiger partial charge in [0.15, 0.2) is 0 Å². The monoisotopic (exact) mass is 367 g/mol. The summed E-state index contributed by atoms with van der Waals surface area (Å²) < 4.78 is 52.6. The maximum absolute atomic E-state index is 13.8. The van der Waals surface area contributed by atoms with Crippen molar-refractivity contribution >= 4 is 32.2 Å². The molecule has 1 fully saturated rings. The zero-order valence-electron chi connectivity index (χ0n) is 10.4. The molecule has 0 bridgehead atoms. The summed E-state index contributed by atoms with van der Waals surface area (Å²) in [6.45, 7) is 0.148. The van der Waals surface area contributed by atoms with Crippen molar-refractivity contribution in [2.45, 2.75) is 30.2 Å². The number of carbonyl (C=O) groups excluding carboxylic acids is 1. The normalized spacial score (nSPS) is 20.9. The van der Waals surface area contributed by atoms with E-state index in [9.17, 15) is 22.0 Å². The Labute approximate surface area is 123 Å². The van der Waals surface area contributed by atoms with Crippen LogP contribution in [0.2, 0.25) is 0 Å². The number of rotatable bonds is 3. The van der Waals surface area contributed by atoms with Crippen molar-refractivity contribution in [3.63, 3.8) is 0 Å². The van der Waals surface area contributed by atoms with Gasteiger partial charge in [-0.1, -0.05) is 6.42 Å². The highest BCUT2D eigenvalue weighted by Crippen LogP contribution is 2.31. The minimum absolute atomic E-state index is 0.148. The molecular formula is C12H12BrF2NO3S. The Morgan fingerprint density at radius 3 is 2.60 bits per heavy atom. The van der Waals surface area contributed by atoms with Crippen molar-refractivity contribution in [2.24, 2.45) is 0 Å². The molecule has 1 aromatic rings. The average Bonchev–Trinajstić information content (AvgIpc) is 2.37. The van der Waals surface area contributed by atoms with E-state index in [4.69, 9.17) is 0 Å². The van der Waals surface area contributed by atoms with Crippen LogP contribution in [0.1, 0.15) is 19.3 Å². The Hall–Kier alpha value is -0.860. The molecule has 0 aliphatic carbocycles. The second-order valence-electron chi connectivity index (χ2n) is 4.51. The lowest BCUT2D eigenvalue weighted by Gasteiger charge is -2.31. The molecule has 1 unspecified atom stereocenters. The van der Waals surface area contributed by atoms with Gasteiger partial charge in [0.25, 0.3) is 0 Å². The smallest absolute Gasteiger partial charge is 0.247 e. The minimum Gasteiger partial charge on any atom is -0.302 e. The Kier molecular flexibility index (Phi) is 4.55. The molecule has 1 aliphatic heterocycles. The SMILES string of the molecule is O=CC1CCCCN1S(=O)(=O)c1c(F)cc(F)cc1Br. The predicted molar refractivity (Wildman–Crippen MR) is 71.7 cm³/mol. The van der Waals surface area contributed by atoms with Crippen molar-refractivity contribution in [2.75, 3.05) is 6.54 Å². The molecule has 0 radical (unpaired) electrons. The molecule has 110 valence electrons. The first-order valence-corrected chi connectivity index (χ1v) is 8.23. The van der Waals surface area contributed by atoms with Crippen LogP contribution in [0.5, 0.6) is 0 Å². The highest BCUT2D eigenvalue weighted by atomic mass is 79.9. The summed E-state index contributed by atoms with van der Waals surface area (Å²) >= 11 is 2.87. The molecular weight excluding hydrogens is 356 g/mol. The van der Waals surface area contributed by atoms with Gasteiger partial charge in [0.2, 0.25) is 10.0 Å². The van der Waals surface area contributed by atoms with E-state index in [1.165, 1.54) is 0 Å². The van der Waals surface area contributed by atoms with E-state index in [1.54, 1.807) is 0 Å². The first-order valence-electron chi connectivity index (χ1n) is 5.99. The second kappa shape index (κ2) is 5.87. The van der Waals surface area contributed by atoms with Crippen molar-refractivity contribution in [3.05, 3.63) is 28.2 Å². The second-order valence-corrected chi connectivity index (χ2v) is 7.20. The number of nitrogens with zero attached hydrogens (tertiary/aromatic N) is 1. The number of hydrogen-bond donors (Lipinski definition) is 0. The van der Waals surface area contributed by atoms with Gasteiger partial charge in [0.05, 0.1) is 6.04 Å². The molecule has 1 atom stereocenters. The fraction of sp³-hybridized carbons (Fsp3) is 0.417. The van der Waals surface area contributed by atoms with Gasteiger partial charge in [-0.3, -0.25) is 0 Å². The van der Waals surface area contributed by atoms with Crippen LogP contribution in [-0.2, 0) is 14.8 Å². The third-order valence-corrected chi connectivity index (χ3v) is 6.07. The molecule has 20 heavy (non-hydrogen) atoms. The van der Waals surface area contributed by atoms with Crippen LogP contribution in [0.4, 0.5) is 8.78 Å². The lowest BCUT2D eigenvalue weighted by atomic mass is 10.1. The molecule has 1 heterocycles. The number of halogens is 3. The van der Waals surface area contributed by atoms with Gasteiger partial charge in [0, 0.05) is 17.1 Å². The topological polar surface area (TPSA) is 54.5 Å². The number of hydrogen-bond acceptors (Lipinski definition) is 3. The highest BCUT2D eigenvalue weighted by molar-refractivity contribution is 9.10. The first kappa shape index (κ1) is 15.5. The first-order chi connectivity index (χ1) is 9.37. The number of benzene rings is 1. The largest absolute Gasteiger partial charge is 0.302 e. The summed E-state index contributed by atoms with van der Waals surface area (Å²) in [5.41, 5.74) is 0. The van der Waals surface area contributed by atoms with Crippen molar-refractivity contribution < 1.29 is 22.0 Å². The molecule has 0 spiro atoms. The molecule has 1 saturated heterocycles. The van der Waals surface area contributed by atoms with E-state index in [2.05, 4.69) is 15.9 Å². The van der Waals surface area contributed by atoms with Crippen molar-refractivity contribution in [3.8, 4) is 0 Å². The minimum atomic E-state index is -4.19. The van der Waals surface area contributed by atoms with Crippen LogP contribution >= 0.6 is 15.9 Å². The summed E-state index contributed by atoms with van der Waals surface area (Å²) in [7, 11) is -4.19. The average molecular weight is 368 g/mol. The summed E-state index contributed by atoms with van der Waals surface area (Å²) in [6, 6.07) is 0.595. The van der Waals surface area contributed by atoms with Gasteiger partial charge in [-0.05, 0) is 34.8 Å². The fourth-order valence-electron chi connectivity index (χ4n) is 2.26. The van der Waals surface area contributed by atoms with Gasteiger partial charge < -0.3 is 4.79 Å². The van der Waals surface area contributed by atoms with Gasteiger partial charge >= 0.3 is 0 Å². The number of piperidine rings is 1. The molecule has 0 N–H and O–H groups in total. The van der Waals surface area contributed by atoms with Crippen LogP contribution in [-0.4, -0.2) is 31.6 Å². The summed E-state index contributed by atoms with van der Waals surface area (Å²) in [6.07, 6.45) is 2.29. The molecule has 1 aliphatic rings. The standard InChI is InChI=1S/C12H12BrF2NO3S/c13-10-5-8(14)6-11(15)12(10)20(18,19)16-4-2-1-3-9(16)7-17/h5-7,9H,1-4H2. The van der Waals surface area contributed by atoms with Crippen molar-refractivity contribution in [1.82, 2.24) is 4.31 Å². The molecule has 2 rings (SSSR count). The Balaban J connectivity index is 2.52. The maximum atomic E-state index is 13.8. The molecule has 4 nitrogen and oxygen atoms in total. The molecule has 0 saturated carbocycles. The lowest BCUT2D eigenvalue weighted by molar-refractivity contribution is -0.111. The van der Waals surface area contributed by atoms with Gasteiger partial charge in [0.1, 0.15) is 22.8 Å². The number of aldehydes is 1. The Bertz CT molecular complexity index is 613. The van der Waals surface area contributed by atoms with Crippen LogP contribution in [0.15, 0.2) is 21.5 Å². The van der Waals surface area contributed by atoms with E-state index >= 15 is 0 Å². The van der Waals surface area contributed by atoms with E-state index in [0.29, 0.717) is 25.2 Å². The van der Waals surface area contributed by atoms with E-state index in [0.717, 1.165) is 16.8 Å². The zero-order valence-corrected chi connectivity index (χ0v) is 12.8. The Morgan fingerprint density at radius 1 is 1.30 bits per heavy atom. The molecule has 0 amide bonds. The molecule has 8 heteroatoms.